The van der Waals surface area contributed by atoms with Crippen LogP contribution in [0.2, 0.25) is 0 Å². The fourth-order valence-electron chi connectivity index (χ4n) is 2.64. The first-order chi connectivity index (χ1) is 9.43. The van der Waals surface area contributed by atoms with Crippen molar-refractivity contribution < 1.29 is 4.42 Å². The number of nitrogens with one attached hydrogen (secondary N) is 2. The normalized spacial score (nSPS) is 13.9. The molecule has 0 saturated carbocycles. The Morgan fingerprint density at radius 3 is 3.11 bits per heavy atom. The molecule has 1 aromatic carbocycles. The number of furan rings is 1. The first kappa shape index (κ1) is 12.3. The quantitative estimate of drug-likeness (QED) is 0.808. The summed E-state index contributed by atoms with van der Waals surface area (Å²) in [6.45, 7) is 2.98. The van der Waals surface area contributed by atoms with Gasteiger partial charge in [-0.2, -0.15) is 0 Å². The summed E-state index contributed by atoms with van der Waals surface area (Å²) >= 11 is 0. The Morgan fingerprint density at radius 2 is 2.21 bits per heavy atom. The van der Waals surface area contributed by atoms with Crippen LogP contribution in [0.25, 0.3) is 0 Å². The maximum absolute atomic E-state index is 5.33. The van der Waals surface area contributed by atoms with Gasteiger partial charge in [0.15, 0.2) is 0 Å². The molecule has 0 amide bonds. The Balaban J connectivity index is 1.55. The molecular formula is C16H20N2O. The summed E-state index contributed by atoms with van der Waals surface area (Å²) in [5, 5.41) is 6.98. The summed E-state index contributed by atoms with van der Waals surface area (Å²) < 4.78 is 5.33. The van der Waals surface area contributed by atoms with Gasteiger partial charge in [-0.3, -0.25) is 0 Å². The van der Waals surface area contributed by atoms with E-state index in [0.717, 1.165) is 31.8 Å². The minimum atomic E-state index is 0.936. The van der Waals surface area contributed by atoms with Crippen LogP contribution in [-0.4, -0.2) is 13.1 Å². The van der Waals surface area contributed by atoms with Crippen molar-refractivity contribution in [1.29, 1.82) is 0 Å². The zero-order valence-electron chi connectivity index (χ0n) is 11.1. The van der Waals surface area contributed by atoms with Gasteiger partial charge >= 0.3 is 0 Å². The van der Waals surface area contributed by atoms with Crippen LogP contribution in [0.1, 0.15) is 23.3 Å². The lowest BCUT2D eigenvalue weighted by Gasteiger charge is -2.21. The molecule has 1 aliphatic heterocycles. The summed E-state index contributed by atoms with van der Waals surface area (Å²) in [5.74, 6) is 1.05. The third kappa shape index (κ3) is 2.99. The lowest BCUT2D eigenvalue weighted by atomic mass is 9.97. The van der Waals surface area contributed by atoms with Crippen molar-refractivity contribution in [1.82, 2.24) is 5.32 Å². The highest BCUT2D eigenvalue weighted by Gasteiger charge is 2.11. The zero-order valence-corrected chi connectivity index (χ0v) is 11.1. The second-order valence-electron chi connectivity index (χ2n) is 4.98. The summed E-state index contributed by atoms with van der Waals surface area (Å²) in [6.07, 6.45) is 5.10. The van der Waals surface area contributed by atoms with Gasteiger partial charge in [-0.25, -0.2) is 0 Å². The van der Waals surface area contributed by atoms with Crippen molar-refractivity contribution in [2.75, 3.05) is 18.4 Å². The molecule has 0 aliphatic carbocycles. The van der Waals surface area contributed by atoms with E-state index in [0.29, 0.717) is 0 Å². The van der Waals surface area contributed by atoms with E-state index in [1.165, 1.54) is 29.7 Å². The lowest BCUT2D eigenvalue weighted by molar-refractivity contribution is 0.498. The molecule has 0 bridgehead atoms. The first-order valence-electron chi connectivity index (χ1n) is 7.01. The third-order valence-corrected chi connectivity index (χ3v) is 3.64. The van der Waals surface area contributed by atoms with E-state index in [1.807, 2.05) is 12.1 Å². The fraction of sp³-hybridized carbons (Fsp3) is 0.375. The van der Waals surface area contributed by atoms with Gasteiger partial charge in [0.2, 0.25) is 0 Å². The van der Waals surface area contributed by atoms with E-state index >= 15 is 0 Å². The van der Waals surface area contributed by atoms with E-state index in [1.54, 1.807) is 6.26 Å². The highest BCUT2D eigenvalue weighted by Crippen LogP contribution is 2.25. The van der Waals surface area contributed by atoms with Crippen molar-refractivity contribution in [2.24, 2.45) is 0 Å². The van der Waals surface area contributed by atoms with Crippen LogP contribution in [0.15, 0.2) is 41.0 Å². The molecule has 2 aromatic rings. The second kappa shape index (κ2) is 5.93. The van der Waals surface area contributed by atoms with Crippen LogP contribution >= 0.6 is 0 Å². The highest BCUT2D eigenvalue weighted by atomic mass is 16.3. The maximum atomic E-state index is 5.33. The molecule has 3 nitrogen and oxygen atoms in total. The summed E-state index contributed by atoms with van der Waals surface area (Å²) in [5.41, 5.74) is 4.22. The van der Waals surface area contributed by atoms with Gasteiger partial charge < -0.3 is 15.1 Å². The molecular weight excluding hydrogens is 236 g/mol. The Bertz CT molecular complexity index is 520. The Labute approximate surface area is 114 Å². The van der Waals surface area contributed by atoms with Crippen LogP contribution < -0.4 is 10.6 Å². The van der Waals surface area contributed by atoms with Gasteiger partial charge in [-0.1, -0.05) is 12.1 Å². The van der Waals surface area contributed by atoms with Gasteiger partial charge in [0, 0.05) is 31.7 Å². The predicted molar refractivity (Wildman–Crippen MR) is 77.4 cm³/mol. The van der Waals surface area contributed by atoms with Crippen molar-refractivity contribution in [2.45, 2.75) is 25.8 Å². The molecule has 0 unspecified atom stereocenters. The number of hydrogen-bond acceptors (Lipinski definition) is 3. The van der Waals surface area contributed by atoms with E-state index < -0.39 is 0 Å². The average Bonchev–Trinajstić information content (AvgIpc) is 2.97. The van der Waals surface area contributed by atoms with Crippen LogP contribution in [0.3, 0.4) is 0 Å². The number of hydrogen-bond donors (Lipinski definition) is 2. The van der Waals surface area contributed by atoms with Crippen molar-refractivity contribution in [3.63, 3.8) is 0 Å². The van der Waals surface area contributed by atoms with E-state index in [-0.39, 0.29) is 0 Å². The number of benzene rings is 1. The molecule has 0 saturated heterocycles. The standard InChI is InChI=1S/C16H20N2O/c1-4-13(15-6-2-9-18-16(15)7-1)12-17-10-8-14-5-3-11-19-14/h1,3-5,7,11,17-18H,2,6,8-10,12H2. The lowest BCUT2D eigenvalue weighted by Crippen LogP contribution is -2.20. The van der Waals surface area contributed by atoms with Crippen LogP contribution in [0.4, 0.5) is 5.69 Å². The Hall–Kier alpha value is -1.74. The largest absolute Gasteiger partial charge is 0.469 e. The summed E-state index contributed by atoms with van der Waals surface area (Å²) in [7, 11) is 0. The minimum Gasteiger partial charge on any atom is -0.469 e. The molecule has 2 N–H and O–H groups in total. The molecule has 2 heterocycles. The first-order valence-corrected chi connectivity index (χ1v) is 7.01. The molecule has 0 atom stereocenters. The van der Waals surface area contributed by atoms with Gasteiger partial charge in [0.25, 0.3) is 0 Å². The second-order valence-corrected chi connectivity index (χ2v) is 4.98. The average molecular weight is 256 g/mol. The maximum Gasteiger partial charge on any atom is 0.105 e. The van der Waals surface area contributed by atoms with Crippen LogP contribution in [-0.2, 0) is 19.4 Å². The fourth-order valence-corrected chi connectivity index (χ4v) is 2.64. The SMILES string of the molecule is c1coc(CCNCc2cccc3c2CCCN3)c1. The number of fused-ring (bicyclic) bond motifs is 1. The molecule has 0 spiro atoms. The van der Waals surface area contributed by atoms with Crippen LogP contribution in [0.5, 0.6) is 0 Å². The molecule has 1 aromatic heterocycles. The van der Waals surface area contributed by atoms with Gasteiger partial charge in [-0.15, -0.1) is 0 Å². The Morgan fingerprint density at radius 1 is 1.21 bits per heavy atom. The van der Waals surface area contributed by atoms with E-state index in [4.69, 9.17) is 4.42 Å². The van der Waals surface area contributed by atoms with E-state index in [9.17, 15) is 0 Å². The molecule has 0 fully saturated rings. The molecule has 1 aliphatic rings. The molecule has 19 heavy (non-hydrogen) atoms. The predicted octanol–water partition coefficient (Wildman–Crippen LogP) is 2.97. The number of rotatable bonds is 5. The highest BCUT2D eigenvalue weighted by molar-refractivity contribution is 5.56. The monoisotopic (exact) mass is 256 g/mol. The molecule has 3 heteroatoms. The number of anilines is 1. The molecule has 3 rings (SSSR count). The van der Waals surface area contributed by atoms with Gasteiger partial charge in [0.1, 0.15) is 5.76 Å². The minimum absolute atomic E-state index is 0.936. The zero-order chi connectivity index (χ0) is 12.9. The van der Waals surface area contributed by atoms with Gasteiger partial charge in [-0.05, 0) is 42.2 Å². The van der Waals surface area contributed by atoms with Gasteiger partial charge in [0.05, 0.1) is 6.26 Å². The Kier molecular flexibility index (Phi) is 3.84. The van der Waals surface area contributed by atoms with Crippen LogP contribution in [0, 0.1) is 0 Å². The summed E-state index contributed by atoms with van der Waals surface area (Å²) in [4.78, 5) is 0. The molecule has 0 radical (unpaired) electrons. The van der Waals surface area contributed by atoms with Crippen molar-refractivity contribution >= 4 is 5.69 Å². The summed E-state index contributed by atoms with van der Waals surface area (Å²) in [6, 6.07) is 10.5. The van der Waals surface area contributed by atoms with Crippen molar-refractivity contribution in [3.05, 3.63) is 53.5 Å². The van der Waals surface area contributed by atoms with E-state index in [2.05, 4.69) is 28.8 Å². The van der Waals surface area contributed by atoms with Crippen molar-refractivity contribution in [3.8, 4) is 0 Å². The molecule has 100 valence electrons. The third-order valence-electron chi connectivity index (χ3n) is 3.64. The smallest absolute Gasteiger partial charge is 0.105 e. The topological polar surface area (TPSA) is 37.2 Å².